The minimum absolute atomic E-state index is 0.0113. The van der Waals surface area contributed by atoms with Gasteiger partial charge in [-0.3, -0.25) is 4.79 Å². The van der Waals surface area contributed by atoms with Crippen molar-refractivity contribution in [3.63, 3.8) is 0 Å². The summed E-state index contributed by atoms with van der Waals surface area (Å²) < 4.78 is 26.8. The molecule has 33 heavy (non-hydrogen) atoms. The number of rotatable bonds is 4. The number of methoxy groups -OCH3 is 1. The number of benzene rings is 2. The van der Waals surface area contributed by atoms with E-state index in [1.807, 2.05) is 46.9 Å². The molecule has 5 rings (SSSR count). The Kier molecular flexibility index (Phi) is 5.72. The molecule has 2 aliphatic heterocycles. The third-order valence-electron chi connectivity index (χ3n) is 6.36. The number of carbonyl (C=O) groups is 1. The van der Waals surface area contributed by atoms with Crippen LogP contribution in [-0.2, 0) is 9.53 Å². The fraction of sp³-hybridized carbons (Fsp3) is 0.308. The van der Waals surface area contributed by atoms with Gasteiger partial charge in [-0.05, 0) is 61.2 Å². The summed E-state index contributed by atoms with van der Waals surface area (Å²) in [5.74, 6) is 0.427. The van der Waals surface area contributed by atoms with E-state index in [1.54, 1.807) is 25.6 Å². The van der Waals surface area contributed by atoms with Gasteiger partial charge in [0.25, 0.3) is 5.91 Å². The zero-order valence-electron chi connectivity index (χ0n) is 18.7. The van der Waals surface area contributed by atoms with Crippen molar-refractivity contribution in [1.29, 1.82) is 0 Å². The second-order valence-corrected chi connectivity index (χ2v) is 8.53. The Morgan fingerprint density at radius 3 is 2.73 bits per heavy atom. The first-order valence-electron chi connectivity index (χ1n) is 11.1. The number of morpholine rings is 1. The molecule has 3 aromatic rings. The van der Waals surface area contributed by atoms with E-state index in [4.69, 9.17) is 9.47 Å². The quantitative estimate of drug-likeness (QED) is 0.554. The summed E-state index contributed by atoms with van der Waals surface area (Å²) in [5.41, 5.74) is 4.36. The summed E-state index contributed by atoms with van der Waals surface area (Å²) in [6.45, 7) is 2.88. The van der Waals surface area contributed by atoms with Gasteiger partial charge in [0.05, 0.1) is 50.1 Å². The molecule has 2 atom stereocenters. The number of imidazole rings is 1. The van der Waals surface area contributed by atoms with E-state index in [0.29, 0.717) is 25.4 Å². The number of aryl methyl sites for hydroxylation is 1. The number of aromatic nitrogens is 2. The van der Waals surface area contributed by atoms with Gasteiger partial charge in [0.1, 0.15) is 11.6 Å². The smallest absolute Gasteiger partial charge is 0.250 e. The van der Waals surface area contributed by atoms with Crippen molar-refractivity contribution >= 4 is 12.0 Å². The summed E-state index contributed by atoms with van der Waals surface area (Å²) in [6.07, 6.45) is 7.16. The van der Waals surface area contributed by atoms with Crippen molar-refractivity contribution in [1.82, 2.24) is 14.5 Å². The zero-order chi connectivity index (χ0) is 22.9. The lowest BCUT2D eigenvalue weighted by atomic mass is 9.91. The predicted octanol–water partition coefficient (Wildman–Crippen LogP) is 4.47. The van der Waals surface area contributed by atoms with E-state index >= 15 is 0 Å². The summed E-state index contributed by atoms with van der Waals surface area (Å²) >= 11 is 0. The highest BCUT2D eigenvalue weighted by Crippen LogP contribution is 2.36. The number of nitrogens with zero attached hydrogens (tertiary/aromatic N) is 3. The van der Waals surface area contributed by atoms with E-state index in [9.17, 15) is 9.18 Å². The fourth-order valence-electron chi connectivity index (χ4n) is 4.68. The van der Waals surface area contributed by atoms with Crippen LogP contribution in [0, 0.1) is 12.7 Å². The van der Waals surface area contributed by atoms with Crippen molar-refractivity contribution in [2.24, 2.45) is 0 Å². The Morgan fingerprint density at radius 1 is 1.18 bits per heavy atom. The fourth-order valence-corrected chi connectivity index (χ4v) is 4.68. The molecule has 0 bridgehead atoms. The molecule has 0 radical (unpaired) electrons. The van der Waals surface area contributed by atoms with Gasteiger partial charge in [-0.15, -0.1) is 0 Å². The number of ether oxygens (including phenoxy) is 2. The Hall–Kier alpha value is -3.45. The van der Waals surface area contributed by atoms with Crippen molar-refractivity contribution in [2.75, 3.05) is 20.3 Å². The first kappa shape index (κ1) is 21.4. The van der Waals surface area contributed by atoms with Gasteiger partial charge in [0.2, 0.25) is 0 Å². The van der Waals surface area contributed by atoms with E-state index < -0.39 is 0 Å². The maximum atomic E-state index is 13.5. The average Bonchev–Trinajstić information content (AvgIpc) is 3.27. The van der Waals surface area contributed by atoms with E-state index in [0.717, 1.165) is 34.5 Å². The minimum atomic E-state index is -0.291. The Bertz CT molecular complexity index is 1200. The molecule has 0 saturated carbocycles. The van der Waals surface area contributed by atoms with Gasteiger partial charge in [0.15, 0.2) is 0 Å². The number of piperidine rings is 1. The lowest BCUT2D eigenvalue weighted by Crippen LogP contribution is -2.53. The van der Waals surface area contributed by atoms with Crippen LogP contribution < -0.4 is 4.74 Å². The number of hydrogen-bond donors (Lipinski definition) is 0. The van der Waals surface area contributed by atoms with Crippen LogP contribution in [0.25, 0.3) is 11.8 Å². The zero-order valence-corrected chi connectivity index (χ0v) is 18.7. The highest BCUT2D eigenvalue weighted by atomic mass is 19.1. The standard InChI is InChI=1S/C26H26FN3O3/c1-17-13-29(16-28-17)23-10-3-18(12-25(23)32-2)11-20-6-9-22-14-33-15-24(30(22)26(20)31)19-4-7-21(27)8-5-19/h3-5,7-8,10-13,16,22,24H,6,9,14-15H2,1-2H3/b20-11+/t22-,24+/m1/s1. The number of halogens is 1. The summed E-state index contributed by atoms with van der Waals surface area (Å²) in [5, 5.41) is 0. The molecule has 1 amide bonds. The molecule has 1 aromatic heterocycles. The normalized spacial score (nSPS) is 21.8. The van der Waals surface area contributed by atoms with Crippen LogP contribution >= 0.6 is 0 Å². The van der Waals surface area contributed by atoms with Crippen LogP contribution in [0.15, 0.2) is 60.6 Å². The monoisotopic (exact) mass is 447 g/mol. The van der Waals surface area contributed by atoms with Crippen LogP contribution in [0.4, 0.5) is 4.39 Å². The molecule has 2 saturated heterocycles. The van der Waals surface area contributed by atoms with Crippen molar-refractivity contribution in [2.45, 2.75) is 31.8 Å². The average molecular weight is 448 g/mol. The maximum Gasteiger partial charge on any atom is 0.250 e. The summed E-state index contributed by atoms with van der Waals surface area (Å²) in [7, 11) is 1.64. The third-order valence-corrected chi connectivity index (χ3v) is 6.36. The molecule has 7 heteroatoms. The third kappa shape index (κ3) is 4.16. The highest BCUT2D eigenvalue weighted by molar-refractivity contribution is 5.99. The number of carbonyl (C=O) groups excluding carboxylic acids is 1. The lowest BCUT2D eigenvalue weighted by molar-refractivity contribution is -0.145. The molecular formula is C26H26FN3O3. The molecule has 0 unspecified atom stereocenters. The molecule has 0 aliphatic carbocycles. The van der Waals surface area contributed by atoms with Crippen molar-refractivity contribution in [3.8, 4) is 11.4 Å². The van der Waals surface area contributed by atoms with Gasteiger partial charge in [-0.25, -0.2) is 9.37 Å². The van der Waals surface area contributed by atoms with E-state index in [2.05, 4.69) is 4.98 Å². The Labute approximate surface area is 192 Å². The molecule has 6 nitrogen and oxygen atoms in total. The molecule has 2 fully saturated rings. The van der Waals surface area contributed by atoms with Crippen LogP contribution in [-0.4, -0.2) is 46.7 Å². The molecular weight excluding hydrogens is 421 g/mol. The van der Waals surface area contributed by atoms with E-state index in [1.165, 1.54) is 12.1 Å². The first-order valence-corrected chi connectivity index (χ1v) is 11.1. The topological polar surface area (TPSA) is 56.6 Å². The lowest BCUT2D eigenvalue weighted by Gasteiger charge is -2.45. The largest absolute Gasteiger partial charge is 0.495 e. The van der Waals surface area contributed by atoms with Crippen molar-refractivity contribution < 1.29 is 18.7 Å². The number of amides is 1. The molecule has 3 heterocycles. The highest BCUT2D eigenvalue weighted by Gasteiger charge is 2.40. The minimum Gasteiger partial charge on any atom is -0.495 e. The summed E-state index contributed by atoms with van der Waals surface area (Å²) in [6, 6.07) is 12.0. The van der Waals surface area contributed by atoms with Crippen LogP contribution in [0.3, 0.4) is 0 Å². The molecule has 2 aromatic carbocycles. The molecule has 2 aliphatic rings. The SMILES string of the molecule is COc1cc(/C=C2\CC[C@@H]3COC[C@@H](c4ccc(F)cc4)N3C2=O)ccc1-n1cnc(C)c1. The predicted molar refractivity (Wildman–Crippen MR) is 123 cm³/mol. The molecule has 170 valence electrons. The van der Waals surface area contributed by atoms with Gasteiger partial charge in [0, 0.05) is 11.8 Å². The second-order valence-electron chi connectivity index (χ2n) is 8.53. The van der Waals surface area contributed by atoms with E-state index in [-0.39, 0.29) is 23.8 Å². The van der Waals surface area contributed by atoms with Gasteiger partial charge >= 0.3 is 0 Å². The molecule has 0 spiro atoms. The van der Waals surface area contributed by atoms with Gasteiger partial charge in [-0.2, -0.15) is 0 Å². The van der Waals surface area contributed by atoms with Crippen molar-refractivity contribution in [3.05, 3.63) is 83.2 Å². The van der Waals surface area contributed by atoms with Crippen LogP contribution in [0.2, 0.25) is 0 Å². The number of fused-ring (bicyclic) bond motifs is 1. The van der Waals surface area contributed by atoms with Gasteiger partial charge < -0.3 is 18.9 Å². The van der Waals surface area contributed by atoms with Gasteiger partial charge in [-0.1, -0.05) is 18.2 Å². The Balaban J connectivity index is 1.44. The number of hydrogen-bond acceptors (Lipinski definition) is 4. The molecule has 0 N–H and O–H groups in total. The first-order chi connectivity index (χ1) is 16.0. The maximum absolute atomic E-state index is 13.5. The second kappa shape index (κ2) is 8.83. The van der Waals surface area contributed by atoms with Crippen LogP contribution in [0.1, 0.15) is 35.7 Å². The summed E-state index contributed by atoms with van der Waals surface area (Å²) in [4.78, 5) is 19.8. The Morgan fingerprint density at radius 2 is 2.00 bits per heavy atom. The van der Waals surface area contributed by atoms with Crippen LogP contribution in [0.5, 0.6) is 5.75 Å².